The van der Waals surface area contributed by atoms with Crippen molar-refractivity contribution in [2.24, 2.45) is 0 Å². The Balaban J connectivity index is 2.44. The summed E-state index contributed by atoms with van der Waals surface area (Å²) >= 11 is 0. The van der Waals surface area contributed by atoms with E-state index in [4.69, 9.17) is 19.1 Å². The van der Waals surface area contributed by atoms with Crippen LogP contribution in [0.15, 0.2) is 12.2 Å². The molecule has 0 N–H and O–H groups in total. The van der Waals surface area contributed by atoms with Crippen molar-refractivity contribution in [2.75, 3.05) is 13.1 Å². The van der Waals surface area contributed by atoms with Crippen LogP contribution in [-0.4, -0.2) is 46.7 Å². The van der Waals surface area contributed by atoms with E-state index in [0.717, 1.165) is 0 Å². The molecule has 2 unspecified atom stereocenters. The fraction of sp³-hybridized carbons (Fsp3) is 0.857. The van der Waals surface area contributed by atoms with E-state index in [1.54, 1.807) is 0 Å². The summed E-state index contributed by atoms with van der Waals surface area (Å²) in [5.74, 6) is -0.262. The Morgan fingerprint density at radius 2 is 1.26 bits per heavy atom. The lowest BCUT2D eigenvalue weighted by Gasteiger charge is -2.44. The lowest BCUT2D eigenvalue weighted by atomic mass is 9.91. The van der Waals surface area contributed by atoms with Gasteiger partial charge in [-0.05, 0) is 36.3 Å². The van der Waals surface area contributed by atoms with Crippen LogP contribution in [-0.2, 0) is 18.4 Å². The predicted molar refractivity (Wildman–Crippen MR) is 116 cm³/mol. The zero-order chi connectivity index (χ0) is 24.5. The van der Waals surface area contributed by atoms with Gasteiger partial charge in [0.1, 0.15) is 17.0 Å². The number of hydrogen-bond donors (Lipinski definition) is 0. The van der Waals surface area contributed by atoms with Crippen molar-refractivity contribution < 1.29 is 23.9 Å². The zero-order valence-corrected chi connectivity index (χ0v) is 20.7. The molecule has 2 aliphatic rings. The molecular weight excluding hydrogens is 372 g/mol. The molecule has 0 aromatic carbocycles. The predicted octanol–water partition coefficient (Wildman–Crippen LogP) is 5.46. The number of carbonyl (C=O) groups excluding carboxylic acids is 1. The van der Waals surface area contributed by atoms with Gasteiger partial charge in [-0.1, -0.05) is 53.7 Å². The summed E-state index contributed by atoms with van der Waals surface area (Å²) < 4.78 is 53.6. The minimum absolute atomic E-state index is 0.191. The minimum Gasteiger partial charge on any atom is -0.414 e. The first-order valence-electron chi connectivity index (χ1n) is 11.8. The van der Waals surface area contributed by atoms with Crippen LogP contribution < -0.4 is 0 Å². The van der Waals surface area contributed by atoms with Crippen LogP contribution >= 0.6 is 0 Å². The molecule has 4 nitrogen and oxygen atoms in total. The van der Waals surface area contributed by atoms with E-state index in [9.17, 15) is 4.79 Å². The molecule has 1 saturated heterocycles. The molecule has 2 bridgehead atoms. The quantitative estimate of drug-likeness (QED) is 0.426. The Bertz CT molecular complexity index is 708. The van der Waals surface area contributed by atoms with Gasteiger partial charge in [0.05, 0.1) is 18.6 Å². The molecule has 0 amide bonds. The molecule has 156 valence electrons. The Labute approximate surface area is 173 Å². The van der Waals surface area contributed by atoms with Gasteiger partial charge in [0.15, 0.2) is 16.6 Å². The average Bonchev–Trinajstić information content (AvgIpc) is 2.77. The lowest BCUT2D eigenvalue weighted by molar-refractivity contribution is -0.167. The number of carbonyl (C=O) groups is 1. The molecule has 2 rings (SSSR count). The minimum atomic E-state index is -2.54. The van der Waals surface area contributed by atoms with Gasteiger partial charge in [0, 0.05) is 12.8 Å². The molecule has 2 heterocycles. The molecular formula is C21H40O4Si2. The van der Waals surface area contributed by atoms with Crippen molar-refractivity contribution in [3.05, 3.63) is 12.2 Å². The Morgan fingerprint density at radius 3 is 1.56 bits per heavy atom. The van der Waals surface area contributed by atoms with E-state index >= 15 is 0 Å². The van der Waals surface area contributed by atoms with E-state index in [-0.39, 0.29) is 28.7 Å². The number of ketones is 1. The number of Topliss-reactive ketones (excluding diaryl/α,β-unsaturated/α-hetero) is 1. The highest BCUT2D eigenvalue weighted by Gasteiger charge is 2.53. The summed E-state index contributed by atoms with van der Waals surface area (Å²) in [5.41, 5.74) is -3.36. The summed E-state index contributed by atoms with van der Waals surface area (Å²) in [7, 11) is -5.09. The molecule has 0 aliphatic carbocycles. The summed E-state index contributed by atoms with van der Waals surface area (Å²) in [6, 6.07) is 0. The highest BCUT2D eigenvalue weighted by molar-refractivity contribution is 6.74. The largest absolute Gasteiger partial charge is 0.414 e. The maximum Gasteiger partial charge on any atom is 0.192 e. The van der Waals surface area contributed by atoms with Gasteiger partial charge in [-0.3, -0.25) is 4.79 Å². The molecule has 0 spiro atoms. The van der Waals surface area contributed by atoms with E-state index < -0.39 is 41.0 Å². The van der Waals surface area contributed by atoms with Gasteiger partial charge in [-0.2, -0.15) is 0 Å². The molecule has 2 atom stereocenters. The maximum absolute atomic E-state index is 12.8. The van der Waals surface area contributed by atoms with Crippen LogP contribution in [0, 0.1) is 0 Å². The summed E-state index contributed by atoms with van der Waals surface area (Å²) in [5, 5.41) is -0.482. The van der Waals surface area contributed by atoms with Crippen molar-refractivity contribution in [3.63, 3.8) is 0 Å². The van der Waals surface area contributed by atoms with Crippen LogP contribution in [0.1, 0.15) is 59.9 Å². The molecule has 1 fully saturated rings. The van der Waals surface area contributed by atoms with Gasteiger partial charge in [0.25, 0.3) is 0 Å². The van der Waals surface area contributed by atoms with E-state index in [1.165, 1.54) is 12.2 Å². The van der Waals surface area contributed by atoms with Gasteiger partial charge in [-0.25, -0.2) is 0 Å². The summed E-state index contributed by atoms with van der Waals surface area (Å²) in [6.45, 7) is 15.3. The third kappa shape index (κ3) is 4.83. The van der Waals surface area contributed by atoms with Gasteiger partial charge in [0.2, 0.25) is 0 Å². The van der Waals surface area contributed by atoms with Crippen LogP contribution in [0.4, 0.5) is 0 Å². The van der Waals surface area contributed by atoms with Crippen LogP contribution in [0.5, 0.6) is 0 Å². The second-order valence-corrected chi connectivity index (χ2v) is 20.5. The highest BCUT2D eigenvalue weighted by Crippen LogP contribution is 2.45. The third-order valence-corrected chi connectivity index (χ3v) is 14.9. The van der Waals surface area contributed by atoms with Crippen molar-refractivity contribution >= 4 is 22.4 Å². The summed E-state index contributed by atoms with van der Waals surface area (Å²) in [6.07, 6.45) is 2.61. The normalized spacial score (nSPS) is 32.7. The molecule has 6 heteroatoms. The zero-order valence-electron chi connectivity index (χ0n) is 22.7. The Hall–Kier alpha value is -0.276. The topological polar surface area (TPSA) is 44.8 Å². The lowest BCUT2D eigenvalue weighted by Crippen LogP contribution is -2.54. The molecule has 0 radical (unpaired) electrons. The molecule has 2 aliphatic heterocycles. The van der Waals surface area contributed by atoms with Gasteiger partial charge >= 0.3 is 0 Å². The SMILES string of the molecule is [2H]C([2H])(O[Si](C)(C)C(C)(C)C)C12C=CC(C([2H])([2H])O[Si](C)(C)C(C)(C)C)(CC(=O)C1)O2. The number of fused-ring (bicyclic) bond motifs is 2. The van der Waals surface area contributed by atoms with E-state index in [0.29, 0.717) is 0 Å². The fourth-order valence-electron chi connectivity index (χ4n) is 2.42. The number of rotatable bonds is 6. The third-order valence-electron chi connectivity index (χ3n) is 6.48. The first-order valence-corrected chi connectivity index (χ1v) is 15.6. The monoisotopic (exact) mass is 416 g/mol. The van der Waals surface area contributed by atoms with E-state index in [2.05, 4.69) is 0 Å². The van der Waals surface area contributed by atoms with Crippen LogP contribution in [0.2, 0.25) is 36.3 Å². The first-order chi connectivity index (χ1) is 13.4. The first kappa shape index (κ1) is 17.6. The molecule has 27 heavy (non-hydrogen) atoms. The smallest absolute Gasteiger partial charge is 0.192 e. The van der Waals surface area contributed by atoms with Gasteiger partial charge < -0.3 is 13.6 Å². The van der Waals surface area contributed by atoms with Crippen LogP contribution in [0.25, 0.3) is 0 Å². The Kier molecular flexibility index (Phi) is 4.49. The van der Waals surface area contributed by atoms with Gasteiger partial charge in [-0.15, -0.1) is 0 Å². The highest BCUT2D eigenvalue weighted by atomic mass is 28.4. The van der Waals surface area contributed by atoms with Crippen molar-refractivity contribution in [1.29, 1.82) is 0 Å². The van der Waals surface area contributed by atoms with E-state index in [1.807, 2.05) is 67.7 Å². The van der Waals surface area contributed by atoms with Crippen molar-refractivity contribution in [1.82, 2.24) is 0 Å². The standard InChI is InChI=1S/C21H40O4Si2/c1-18(2,3)26(7,8)23-15-20-11-12-21(25-20,14-17(22)13-20)16-24-27(9,10)19(4,5)6/h11-12H,13-16H2,1-10H3/i15D2,16D2. The van der Waals surface area contributed by atoms with Crippen molar-refractivity contribution in [2.45, 2.75) is 102 Å². The van der Waals surface area contributed by atoms with Crippen molar-refractivity contribution in [3.8, 4) is 0 Å². The Morgan fingerprint density at radius 1 is 0.926 bits per heavy atom. The number of ether oxygens (including phenoxy) is 1. The maximum atomic E-state index is 12.8. The second kappa shape index (κ2) is 6.90. The number of hydrogen-bond acceptors (Lipinski definition) is 4. The molecule has 0 aromatic heterocycles. The summed E-state index contributed by atoms with van der Waals surface area (Å²) in [4.78, 5) is 12.8. The molecule has 0 aromatic rings. The van der Waals surface area contributed by atoms with Crippen LogP contribution in [0.3, 0.4) is 0 Å². The molecule has 0 saturated carbocycles. The fourth-order valence-corrected chi connectivity index (χ4v) is 3.88. The second-order valence-electron chi connectivity index (χ2n) is 11.0. The average molecular weight is 417 g/mol.